The summed E-state index contributed by atoms with van der Waals surface area (Å²) >= 11 is 0. The third-order valence-electron chi connectivity index (χ3n) is 10.4. The average Bonchev–Trinajstić information content (AvgIpc) is 3.05. The first-order chi connectivity index (χ1) is 15.1. The van der Waals surface area contributed by atoms with E-state index < -0.39 is 0 Å². The first-order valence-electron chi connectivity index (χ1n) is 13.5. The van der Waals surface area contributed by atoms with Crippen molar-refractivity contribution in [1.29, 1.82) is 0 Å². The van der Waals surface area contributed by atoms with Crippen LogP contribution in [0.2, 0.25) is 0 Å². The number of carbonyl (C=O) groups is 2. The molecule has 0 N–H and O–H groups in total. The smallest absolute Gasteiger partial charge is 0.302 e. The topological polar surface area (TPSA) is 43.4 Å². The zero-order valence-electron chi connectivity index (χ0n) is 21.4. The average molecular weight is 443 g/mol. The molecule has 0 heterocycles. The monoisotopic (exact) mass is 442 g/mol. The van der Waals surface area contributed by atoms with Crippen LogP contribution in [0.15, 0.2) is 11.6 Å². The van der Waals surface area contributed by atoms with Crippen molar-refractivity contribution < 1.29 is 14.3 Å². The maximum atomic E-state index is 13.6. The fraction of sp³-hybridized carbons (Fsp3) is 0.862. The standard InChI is InChI=1S/C29H46O3/c1-18(2)8-7-9-19(3)23-10-11-24-27-25(13-15-29(23,24)6)28(5)14-12-22(32-20(4)30)16-21(28)17-26(27)31/h17-19,22-25,27H,7-16H2,1-6H3/t19?,22-,23?,24?,25?,27?,28-,29+/m0/s1. The van der Waals surface area contributed by atoms with E-state index in [0.717, 1.165) is 37.0 Å². The number of carbonyl (C=O) groups excluding carboxylic acids is 2. The Hall–Kier alpha value is -1.12. The number of esters is 1. The van der Waals surface area contributed by atoms with Gasteiger partial charge in [0.2, 0.25) is 0 Å². The lowest BCUT2D eigenvalue weighted by molar-refractivity contribution is -0.149. The van der Waals surface area contributed by atoms with Crippen molar-refractivity contribution in [3.05, 3.63) is 11.6 Å². The number of ether oxygens (including phenoxy) is 1. The number of ketones is 1. The minimum absolute atomic E-state index is 0.0485. The molecule has 3 heteroatoms. The highest BCUT2D eigenvalue weighted by Crippen LogP contribution is 2.66. The van der Waals surface area contributed by atoms with Crippen molar-refractivity contribution >= 4 is 11.8 Å². The fourth-order valence-electron chi connectivity index (χ4n) is 8.73. The summed E-state index contributed by atoms with van der Waals surface area (Å²) in [6.07, 6.45) is 13.7. The summed E-state index contributed by atoms with van der Waals surface area (Å²) in [5, 5.41) is 0. The predicted molar refractivity (Wildman–Crippen MR) is 129 cm³/mol. The molecule has 0 aromatic heterocycles. The van der Waals surface area contributed by atoms with Gasteiger partial charge in [0.05, 0.1) is 0 Å². The van der Waals surface area contributed by atoms with E-state index in [1.807, 2.05) is 6.08 Å². The van der Waals surface area contributed by atoms with Gasteiger partial charge in [-0.2, -0.15) is 0 Å². The van der Waals surface area contributed by atoms with Crippen LogP contribution in [0, 0.1) is 46.3 Å². The van der Waals surface area contributed by atoms with Crippen LogP contribution >= 0.6 is 0 Å². The van der Waals surface area contributed by atoms with Crippen LogP contribution in [-0.4, -0.2) is 17.9 Å². The summed E-state index contributed by atoms with van der Waals surface area (Å²) in [4.78, 5) is 25.1. The fourth-order valence-corrected chi connectivity index (χ4v) is 8.73. The Morgan fingerprint density at radius 2 is 1.81 bits per heavy atom. The Bertz CT molecular complexity index is 766. The molecule has 4 aliphatic carbocycles. The third kappa shape index (κ3) is 4.11. The van der Waals surface area contributed by atoms with Gasteiger partial charge in [-0.1, -0.05) is 59.5 Å². The Kier molecular flexibility index (Phi) is 6.69. The van der Waals surface area contributed by atoms with Gasteiger partial charge >= 0.3 is 5.97 Å². The molecule has 0 aromatic rings. The van der Waals surface area contributed by atoms with Crippen LogP contribution in [0.1, 0.15) is 106 Å². The Morgan fingerprint density at radius 3 is 2.50 bits per heavy atom. The molecule has 0 radical (unpaired) electrons. The number of allylic oxidation sites excluding steroid dienone is 1. The second kappa shape index (κ2) is 8.91. The molecule has 4 aliphatic rings. The van der Waals surface area contributed by atoms with Gasteiger partial charge in [0.25, 0.3) is 0 Å². The van der Waals surface area contributed by atoms with Gasteiger partial charge < -0.3 is 4.74 Å². The number of hydrogen-bond donors (Lipinski definition) is 0. The molecular formula is C29H46O3. The quantitative estimate of drug-likeness (QED) is 0.411. The van der Waals surface area contributed by atoms with Gasteiger partial charge in [0, 0.05) is 19.3 Å². The summed E-state index contributed by atoms with van der Waals surface area (Å²) in [6.45, 7) is 13.6. The van der Waals surface area contributed by atoms with Crippen LogP contribution in [0.4, 0.5) is 0 Å². The molecule has 0 bridgehead atoms. The van der Waals surface area contributed by atoms with Crippen LogP contribution in [0.5, 0.6) is 0 Å². The van der Waals surface area contributed by atoms with Crippen LogP contribution in [-0.2, 0) is 14.3 Å². The number of hydrogen-bond acceptors (Lipinski definition) is 3. The van der Waals surface area contributed by atoms with Crippen LogP contribution in [0.3, 0.4) is 0 Å². The van der Waals surface area contributed by atoms with E-state index >= 15 is 0 Å². The molecule has 0 amide bonds. The second-order valence-corrected chi connectivity index (χ2v) is 12.7. The molecule has 32 heavy (non-hydrogen) atoms. The first-order valence-corrected chi connectivity index (χ1v) is 13.5. The normalized spacial score (nSPS) is 42.0. The summed E-state index contributed by atoms with van der Waals surface area (Å²) in [5.74, 6) is 3.74. The summed E-state index contributed by atoms with van der Waals surface area (Å²) < 4.78 is 5.54. The van der Waals surface area contributed by atoms with Crippen molar-refractivity contribution in [1.82, 2.24) is 0 Å². The van der Waals surface area contributed by atoms with E-state index in [1.54, 1.807) is 0 Å². The van der Waals surface area contributed by atoms with Crippen molar-refractivity contribution in [2.75, 3.05) is 0 Å². The first kappa shape index (κ1) is 24.0. The molecule has 0 aliphatic heterocycles. The minimum atomic E-state index is -0.202. The molecular weight excluding hydrogens is 396 g/mol. The Balaban J connectivity index is 1.52. The predicted octanol–water partition coefficient (Wildman–Crippen LogP) is 7.14. The molecule has 5 unspecified atom stereocenters. The van der Waals surface area contributed by atoms with E-state index in [0.29, 0.717) is 23.0 Å². The van der Waals surface area contributed by atoms with Gasteiger partial charge in [-0.05, 0) is 85.0 Å². The van der Waals surface area contributed by atoms with E-state index in [1.165, 1.54) is 57.4 Å². The van der Waals surface area contributed by atoms with E-state index in [-0.39, 0.29) is 23.4 Å². The molecule has 8 atom stereocenters. The SMILES string of the molecule is CC(=O)O[C@H]1CC[C@@]2(C)C(=CC(=O)C3C4CCC(C(C)CCCC(C)C)[C@@]4(C)CCC32)C1. The number of rotatable bonds is 6. The largest absolute Gasteiger partial charge is 0.462 e. The molecule has 3 fully saturated rings. The summed E-state index contributed by atoms with van der Waals surface area (Å²) in [6, 6.07) is 0. The van der Waals surface area contributed by atoms with E-state index in [4.69, 9.17) is 4.74 Å². The van der Waals surface area contributed by atoms with Crippen LogP contribution in [0.25, 0.3) is 0 Å². The molecule has 0 aromatic carbocycles. The van der Waals surface area contributed by atoms with E-state index in [2.05, 4.69) is 34.6 Å². The van der Waals surface area contributed by atoms with Gasteiger partial charge in [-0.15, -0.1) is 0 Å². The van der Waals surface area contributed by atoms with Gasteiger partial charge in [-0.3, -0.25) is 9.59 Å². The van der Waals surface area contributed by atoms with Crippen molar-refractivity contribution in [2.45, 2.75) is 112 Å². The zero-order valence-corrected chi connectivity index (χ0v) is 21.4. The lowest BCUT2D eigenvalue weighted by Gasteiger charge is -2.57. The number of fused-ring (bicyclic) bond motifs is 5. The lowest BCUT2D eigenvalue weighted by Crippen LogP contribution is -2.53. The Morgan fingerprint density at radius 1 is 1.06 bits per heavy atom. The Labute approximate surface area is 196 Å². The van der Waals surface area contributed by atoms with Crippen molar-refractivity contribution in [3.63, 3.8) is 0 Å². The maximum absolute atomic E-state index is 13.6. The molecule has 0 spiro atoms. The second-order valence-electron chi connectivity index (χ2n) is 12.7. The minimum Gasteiger partial charge on any atom is -0.462 e. The highest BCUT2D eigenvalue weighted by Gasteiger charge is 2.61. The summed E-state index contributed by atoms with van der Waals surface area (Å²) in [7, 11) is 0. The van der Waals surface area contributed by atoms with E-state index in [9.17, 15) is 9.59 Å². The van der Waals surface area contributed by atoms with Gasteiger partial charge in [0.1, 0.15) is 6.10 Å². The third-order valence-corrected chi connectivity index (χ3v) is 10.4. The zero-order chi connectivity index (χ0) is 23.3. The molecule has 3 saturated carbocycles. The van der Waals surface area contributed by atoms with Crippen molar-refractivity contribution in [2.24, 2.45) is 46.3 Å². The van der Waals surface area contributed by atoms with Crippen molar-refractivity contribution in [3.8, 4) is 0 Å². The molecule has 4 rings (SSSR count). The van der Waals surface area contributed by atoms with Gasteiger partial charge in [-0.25, -0.2) is 0 Å². The lowest BCUT2D eigenvalue weighted by atomic mass is 9.46. The van der Waals surface area contributed by atoms with Crippen LogP contribution < -0.4 is 0 Å². The highest BCUT2D eigenvalue weighted by atomic mass is 16.5. The highest BCUT2D eigenvalue weighted by molar-refractivity contribution is 5.94. The molecule has 3 nitrogen and oxygen atoms in total. The van der Waals surface area contributed by atoms with Gasteiger partial charge in [0.15, 0.2) is 5.78 Å². The summed E-state index contributed by atoms with van der Waals surface area (Å²) in [5.41, 5.74) is 1.70. The molecule has 0 saturated heterocycles. The maximum Gasteiger partial charge on any atom is 0.302 e. The molecule has 180 valence electrons.